The van der Waals surface area contributed by atoms with Crippen molar-refractivity contribution in [3.05, 3.63) is 29.8 Å². The van der Waals surface area contributed by atoms with Gasteiger partial charge in [-0.25, -0.2) is 0 Å². The zero-order chi connectivity index (χ0) is 16.9. The van der Waals surface area contributed by atoms with Crippen molar-refractivity contribution in [2.45, 2.75) is 34.1 Å². The molecular weight excluding hydrogens is 415 g/mol. The van der Waals surface area contributed by atoms with Crippen LogP contribution in [0.1, 0.15) is 33.3 Å². The van der Waals surface area contributed by atoms with Crippen LogP contribution in [0.4, 0.5) is 5.69 Å². The summed E-state index contributed by atoms with van der Waals surface area (Å²) in [6, 6.07) is 8.44. The van der Waals surface area contributed by atoms with Gasteiger partial charge in [0.25, 0.3) is 0 Å². The highest BCUT2D eigenvalue weighted by Crippen LogP contribution is 2.27. The molecule has 1 heterocycles. The fourth-order valence-electron chi connectivity index (χ4n) is 2.55. The van der Waals surface area contributed by atoms with Crippen molar-refractivity contribution in [1.29, 1.82) is 0 Å². The van der Waals surface area contributed by atoms with E-state index < -0.39 is 0 Å². The van der Waals surface area contributed by atoms with Crippen LogP contribution in [-0.2, 0) is 11.2 Å². The normalized spacial score (nSPS) is 14.0. The van der Waals surface area contributed by atoms with Crippen molar-refractivity contribution in [1.82, 2.24) is 10.6 Å². The monoisotopic (exact) mass is 444 g/mol. The number of hydrogen-bond acceptors (Lipinski definition) is 2. The minimum absolute atomic E-state index is 0. The van der Waals surface area contributed by atoms with Gasteiger partial charge in [-0.05, 0) is 25.0 Å². The van der Waals surface area contributed by atoms with Gasteiger partial charge in [0, 0.05) is 30.7 Å². The number of anilines is 1. The molecule has 1 amide bonds. The molecule has 5 nitrogen and oxygen atoms in total. The number of nitrogens with one attached hydrogen (secondary N) is 2. The third kappa shape index (κ3) is 5.36. The van der Waals surface area contributed by atoms with E-state index in [4.69, 9.17) is 0 Å². The number of nitrogens with zero attached hydrogens (tertiary/aromatic N) is 2. The lowest BCUT2D eigenvalue weighted by Crippen LogP contribution is -2.41. The predicted octanol–water partition coefficient (Wildman–Crippen LogP) is 2.79. The number of amides is 1. The van der Waals surface area contributed by atoms with Crippen LogP contribution in [0, 0.1) is 5.41 Å². The van der Waals surface area contributed by atoms with E-state index in [1.165, 1.54) is 11.3 Å². The highest BCUT2D eigenvalue weighted by Gasteiger charge is 2.22. The summed E-state index contributed by atoms with van der Waals surface area (Å²) in [5.74, 6) is 0.951. The van der Waals surface area contributed by atoms with E-state index in [9.17, 15) is 4.79 Å². The quantitative estimate of drug-likeness (QED) is 0.325. The molecule has 2 rings (SSSR count). The summed E-state index contributed by atoms with van der Waals surface area (Å²) in [5.41, 5.74) is 2.23. The second kappa shape index (κ2) is 9.25. The summed E-state index contributed by atoms with van der Waals surface area (Å²) < 4.78 is 0. The molecule has 0 aromatic heterocycles. The van der Waals surface area contributed by atoms with Gasteiger partial charge in [0.2, 0.25) is 5.91 Å². The Morgan fingerprint density at radius 3 is 2.62 bits per heavy atom. The molecule has 1 aliphatic rings. The lowest BCUT2D eigenvalue weighted by atomic mass is 9.96. The molecule has 0 saturated carbocycles. The molecule has 0 aliphatic carbocycles. The van der Waals surface area contributed by atoms with Crippen LogP contribution < -0.4 is 15.5 Å². The molecule has 6 heteroatoms. The van der Waals surface area contributed by atoms with Gasteiger partial charge in [-0.3, -0.25) is 9.79 Å². The number of halogens is 1. The number of carbonyl (C=O) groups is 1. The van der Waals surface area contributed by atoms with E-state index in [0.29, 0.717) is 13.1 Å². The zero-order valence-corrected chi connectivity index (χ0v) is 17.4. The lowest BCUT2D eigenvalue weighted by Gasteiger charge is -2.22. The van der Waals surface area contributed by atoms with Crippen molar-refractivity contribution in [2.75, 3.05) is 31.1 Å². The van der Waals surface area contributed by atoms with Gasteiger partial charge in [-0.2, -0.15) is 0 Å². The molecule has 134 valence electrons. The fourth-order valence-corrected chi connectivity index (χ4v) is 2.55. The van der Waals surface area contributed by atoms with Crippen LogP contribution in [0.3, 0.4) is 0 Å². The Bertz CT molecular complexity index is 581. The Balaban J connectivity index is 0.00000288. The molecule has 0 atom stereocenters. The molecule has 0 saturated heterocycles. The Labute approximate surface area is 162 Å². The summed E-state index contributed by atoms with van der Waals surface area (Å²) in [6.07, 6.45) is 1.04. The van der Waals surface area contributed by atoms with Gasteiger partial charge in [-0.15, -0.1) is 24.0 Å². The molecule has 0 radical (unpaired) electrons. The van der Waals surface area contributed by atoms with Crippen molar-refractivity contribution < 1.29 is 4.79 Å². The van der Waals surface area contributed by atoms with Gasteiger partial charge >= 0.3 is 0 Å². The molecule has 24 heavy (non-hydrogen) atoms. The maximum absolute atomic E-state index is 11.9. The fraction of sp³-hybridized carbons (Fsp3) is 0.556. The van der Waals surface area contributed by atoms with E-state index >= 15 is 0 Å². The average Bonchev–Trinajstić information content (AvgIpc) is 2.93. The van der Waals surface area contributed by atoms with Crippen molar-refractivity contribution in [3.8, 4) is 0 Å². The van der Waals surface area contributed by atoms with Gasteiger partial charge in [0.05, 0.1) is 6.54 Å². The summed E-state index contributed by atoms with van der Waals surface area (Å²) in [4.78, 5) is 18.8. The van der Waals surface area contributed by atoms with Gasteiger partial charge < -0.3 is 15.5 Å². The van der Waals surface area contributed by atoms with Crippen LogP contribution in [0.25, 0.3) is 0 Å². The highest BCUT2D eigenvalue weighted by molar-refractivity contribution is 14.0. The molecular formula is C18H29IN4O. The SMILES string of the molecule is CCNC(=NCCNC(=O)C(C)(C)C)N1CCc2ccccc21.I. The van der Waals surface area contributed by atoms with Crippen LogP contribution in [0.2, 0.25) is 0 Å². The second-order valence-electron chi connectivity index (χ2n) is 6.77. The Morgan fingerprint density at radius 2 is 1.96 bits per heavy atom. The molecule has 1 aromatic rings. The maximum Gasteiger partial charge on any atom is 0.225 e. The number of hydrogen-bond donors (Lipinski definition) is 2. The highest BCUT2D eigenvalue weighted by atomic mass is 127. The number of para-hydroxylation sites is 1. The summed E-state index contributed by atoms with van der Waals surface area (Å²) >= 11 is 0. The van der Waals surface area contributed by atoms with Gasteiger partial charge in [-0.1, -0.05) is 39.0 Å². The van der Waals surface area contributed by atoms with E-state index in [-0.39, 0.29) is 35.3 Å². The van der Waals surface area contributed by atoms with Gasteiger partial charge in [0.15, 0.2) is 5.96 Å². The second-order valence-corrected chi connectivity index (χ2v) is 6.77. The summed E-state index contributed by atoms with van der Waals surface area (Å²) in [7, 11) is 0. The largest absolute Gasteiger partial charge is 0.356 e. The first-order valence-electron chi connectivity index (χ1n) is 8.35. The smallest absolute Gasteiger partial charge is 0.225 e. The molecule has 1 aliphatic heterocycles. The summed E-state index contributed by atoms with van der Waals surface area (Å²) in [5, 5.41) is 6.28. The number of guanidine groups is 1. The number of aliphatic imine (C=N–C) groups is 1. The molecule has 0 spiro atoms. The number of rotatable bonds is 4. The van der Waals surface area contributed by atoms with Crippen LogP contribution in [-0.4, -0.2) is 38.0 Å². The third-order valence-corrected chi connectivity index (χ3v) is 3.82. The zero-order valence-electron chi connectivity index (χ0n) is 15.1. The van der Waals surface area contributed by atoms with E-state index in [1.807, 2.05) is 20.8 Å². The van der Waals surface area contributed by atoms with Crippen LogP contribution in [0.5, 0.6) is 0 Å². The minimum atomic E-state index is -0.359. The minimum Gasteiger partial charge on any atom is -0.356 e. The standard InChI is InChI=1S/C18H28N4O.HI/c1-5-19-17(21-12-11-20-16(23)18(2,3)4)22-13-10-14-8-6-7-9-15(14)22;/h6-9H,5,10-13H2,1-4H3,(H,19,21)(H,20,23);1H. The third-order valence-electron chi connectivity index (χ3n) is 3.82. The first kappa shape index (κ1) is 20.7. The first-order chi connectivity index (χ1) is 10.9. The first-order valence-corrected chi connectivity index (χ1v) is 8.35. The van der Waals surface area contributed by atoms with Crippen molar-refractivity contribution in [3.63, 3.8) is 0 Å². The number of fused-ring (bicyclic) bond motifs is 1. The van der Waals surface area contributed by atoms with E-state index in [0.717, 1.165) is 25.5 Å². The van der Waals surface area contributed by atoms with Crippen LogP contribution >= 0.6 is 24.0 Å². The average molecular weight is 444 g/mol. The van der Waals surface area contributed by atoms with Crippen molar-refractivity contribution in [2.24, 2.45) is 10.4 Å². The number of benzene rings is 1. The lowest BCUT2D eigenvalue weighted by molar-refractivity contribution is -0.128. The molecule has 2 N–H and O–H groups in total. The van der Waals surface area contributed by atoms with Crippen molar-refractivity contribution >= 4 is 41.5 Å². The predicted molar refractivity (Wildman–Crippen MR) is 111 cm³/mol. The Morgan fingerprint density at radius 1 is 1.25 bits per heavy atom. The Hall–Kier alpha value is -1.31. The molecule has 0 unspecified atom stereocenters. The van der Waals surface area contributed by atoms with E-state index in [2.05, 4.69) is 51.7 Å². The van der Waals surface area contributed by atoms with Gasteiger partial charge in [0.1, 0.15) is 0 Å². The van der Waals surface area contributed by atoms with Crippen LogP contribution in [0.15, 0.2) is 29.3 Å². The topological polar surface area (TPSA) is 56.7 Å². The molecule has 1 aromatic carbocycles. The van der Waals surface area contributed by atoms with E-state index in [1.54, 1.807) is 0 Å². The number of carbonyl (C=O) groups excluding carboxylic acids is 1. The summed E-state index contributed by atoms with van der Waals surface area (Å²) in [6.45, 7) is 10.7. The Kier molecular flexibility index (Phi) is 7.99. The maximum atomic E-state index is 11.9. The molecule has 0 fully saturated rings. The molecule has 0 bridgehead atoms.